The normalized spacial score (nSPS) is 20.1. The number of benzene rings is 1. The highest BCUT2D eigenvalue weighted by Crippen LogP contribution is 2.27. The van der Waals surface area contributed by atoms with Crippen molar-refractivity contribution >= 4 is 5.69 Å². The van der Waals surface area contributed by atoms with Gasteiger partial charge in [0.05, 0.1) is 0 Å². The van der Waals surface area contributed by atoms with E-state index in [1.165, 1.54) is 11.3 Å². The first-order valence-electron chi connectivity index (χ1n) is 6.79. The van der Waals surface area contributed by atoms with E-state index in [-0.39, 0.29) is 5.54 Å². The minimum absolute atomic E-state index is 0.230. The molecular formula is C15H25N3. The molecule has 1 aromatic carbocycles. The highest BCUT2D eigenvalue weighted by Gasteiger charge is 2.31. The van der Waals surface area contributed by atoms with Gasteiger partial charge >= 0.3 is 0 Å². The predicted molar refractivity (Wildman–Crippen MR) is 78.1 cm³/mol. The number of hydrogen-bond acceptors (Lipinski definition) is 3. The van der Waals surface area contributed by atoms with Gasteiger partial charge in [0, 0.05) is 30.9 Å². The van der Waals surface area contributed by atoms with Crippen LogP contribution in [0.2, 0.25) is 0 Å². The molecule has 0 spiro atoms. The summed E-state index contributed by atoms with van der Waals surface area (Å²) in [5.41, 5.74) is 8.68. The molecule has 0 aliphatic carbocycles. The van der Waals surface area contributed by atoms with Crippen molar-refractivity contribution in [3.05, 3.63) is 29.8 Å². The summed E-state index contributed by atoms with van der Waals surface area (Å²) < 4.78 is 0. The molecule has 1 heterocycles. The highest BCUT2D eigenvalue weighted by molar-refractivity contribution is 5.54. The molecule has 0 bridgehead atoms. The van der Waals surface area contributed by atoms with Crippen molar-refractivity contribution < 1.29 is 0 Å². The molecule has 18 heavy (non-hydrogen) atoms. The number of nitrogens with two attached hydrogens (primary N) is 1. The lowest BCUT2D eigenvalue weighted by Crippen LogP contribution is -2.57. The van der Waals surface area contributed by atoms with E-state index < -0.39 is 0 Å². The fraction of sp³-hybridized carbons (Fsp3) is 0.600. The molecule has 1 saturated heterocycles. The average molecular weight is 247 g/mol. The van der Waals surface area contributed by atoms with Gasteiger partial charge < -0.3 is 10.6 Å². The molecule has 1 aliphatic heterocycles. The van der Waals surface area contributed by atoms with E-state index in [2.05, 4.69) is 55.0 Å². The number of piperazine rings is 1. The Balaban J connectivity index is 2.22. The fourth-order valence-corrected chi connectivity index (χ4v) is 2.63. The van der Waals surface area contributed by atoms with Crippen LogP contribution in [0, 0.1) is 0 Å². The molecule has 3 nitrogen and oxygen atoms in total. The molecule has 2 N–H and O–H groups in total. The topological polar surface area (TPSA) is 32.5 Å². The summed E-state index contributed by atoms with van der Waals surface area (Å²) in [6.07, 6.45) is 0.961. The van der Waals surface area contributed by atoms with Gasteiger partial charge in [0.25, 0.3) is 0 Å². The van der Waals surface area contributed by atoms with Crippen LogP contribution in [0.15, 0.2) is 24.3 Å². The van der Waals surface area contributed by atoms with E-state index in [9.17, 15) is 0 Å². The number of likely N-dealkylation sites (N-methyl/N-ethyl adjacent to an activating group) is 1. The molecule has 100 valence electrons. The van der Waals surface area contributed by atoms with Crippen LogP contribution < -0.4 is 10.6 Å². The summed E-state index contributed by atoms with van der Waals surface area (Å²) in [5.74, 6) is 0. The first-order valence-corrected chi connectivity index (χ1v) is 6.79. The quantitative estimate of drug-likeness (QED) is 0.883. The monoisotopic (exact) mass is 247 g/mol. The Hall–Kier alpha value is -1.06. The summed E-state index contributed by atoms with van der Waals surface area (Å²) in [6.45, 7) is 8.63. The zero-order chi connectivity index (χ0) is 13.2. The summed E-state index contributed by atoms with van der Waals surface area (Å²) in [5, 5.41) is 0. The van der Waals surface area contributed by atoms with Crippen molar-refractivity contribution in [2.24, 2.45) is 5.73 Å². The molecule has 1 aliphatic rings. The van der Waals surface area contributed by atoms with Crippen LogP contribution in [-0.2, 0) is 6.42 Å². The van der Waals surface area contributed by atoms with Crippen molar-refractivity contribution in [3.8, 4) is 0 Å². The van der Waals surface area contributed by atoms with E-state index in [4.69, 9.17) is 5.73 Å². The lowest BCUT2D eigenvalue weighted by Gasteiger charge is -2.46. The summed E-state index contributed by atoms with van der Waals surface area (Å²) in [7, 11) is 2.21. The van der Waals surface area contributed by atoms with Gasteiger partial charge in [0.15, 0.2) is 0 Å². The molecule has 0 aromatic heterocycles. The number of rotatable bonds is 3. The van der Waals surface area contributed by atoms with Crippen molar-refractivity contribution in [1.82, 2.24) is 4.90 Å². The Labute approximate surface area is 111 Å². The third kappa shape index (κ3) is 2.68. The number of para-hydroxylation sites is 1. The second-order valence-corrected chi connectivity index (χ2v) is 5.82. The Morgan fingerprint density at radius 1 is 1.22 bits per heavy atom. The third-order valence-electron chi connectivity index (χ3n) is 4.06. The zero-order valence-electron chi connectivity index (χ0n) is 11.8. The lowest BCUT2D eigenvalue weighted by molar-refractivity contribution is 0.139. The summed E-state index contributed by atoms with van der Waals surface area (Å²) >= 11 is 0. The molecule has 2 rings (SSSR count). The van der Waals surface area contributed by atoms with E-state index in [0.717, 1.165) is 26.1 Å². The Morgan fingerprint density at radius 2 is 1.94 bits per heavy atom. The van der Waals surface area contributed by atoms with Gasteiger partial charge in [0.1, 0.15) is 0 Å². The first kappa shape index (κ1) is 13.4. The zero-order valence-corrected chi connectivity index (χ0v) is 11.8. The SMILES string of the molecule is CN1CCN(c2ccccc2CCN)CC1(C)C. The number of nitrogens with zero attached hydrogens (tertiary/aromatic N) is 2. The van der Waals surface area contributed by atoms with Crippen molar-refractivity contribution in [1.29, 1.82) is 0 Å². The number of hydrogen-bond donors (Lipinski definition) is 1. The molecule has 0 saturated carbocycles. The minimum Gasteiger partial charge on any atom is -0.368 e. The molecule has 3 heteroatoms. The molecule has 0 unspecified atom stereocenters. The number of anilines is 1. The highest BCUT2D eigenvalue weighted by atomic mass is 15.3. The molecular weight excluding hydrogens is 222 g/mol. The smallest absolute Gasteiger partial charge is 0.0400 e. The lowest BCUT2D eigenvalue weighted by atomic mass is 9.98. The van der Waals surface area contributed by atoms with Crippen LogP contribution in [-0.4, -0.2) is 43.7 Å². The summed E-state index contributed by atoms with van der Waals surface area (Å²) in [6, 6.07) is 8.66. The molecule has 0 radical (unpaired) electrons. The van der Waals surface area contributed by atoms with Gasteiger partial charge in [-0.2, -0.15) is 0 Å². The van der Waals surface area contributed by atoms with Gasteiger partial charge in [-0.1, -0.05) is 18.2 Å². The van der Waals surface area contributed by atoms with Crippen LogP contribution in [0.5, 0.6) is 0 Å². The minimum atomic E-state index is 0.230. The van der Waals surface area contributed by atoms with Crippen molar-refractivity contribution in [2.45, 2.75) is 25.8 Å². The Kier molecular flexibility index (Phi) is 3.93. The van der Waals surface area contributed by atoms with Crippen LogP contribution in [0.3, 0.4) is 0 Å². The van der Waals surface area contributed by atoms with Crippen molar-refractivity contribution in [2.75, 3.05) is 38.1 Å². The Morgan fingerprint density at radius 3 is 2.61 bits per heavy atom. The van der Waals surface area contributed by atoms with E-state index in [1.54, 1.807) is 0 Å². The van der Waals surface area contributed by atoms with Crippen molar-refractivity contribution in [3.63, 3.8) is 0 Å². The summed E-state index contributed by atoms with van der Waals surface area (Å²) in [4.78, 5) is 4.94. The van der Waals surface area contributed by atoms with Crippen LogP contribution >= 0.6 is 0 Å². The fourth-order valence-electron chi connectivity index (χ4n) is 2.63. The van der Waals surface area contributed by atoms with Gasteiger partial charge in [-0.25, -0.2) is 0 Å². The van der Waals surface area contributed by atoms with Gasteiger partial charge in [0.2, 0.25) is 0 Å². The maximum atomic E-state index is 5.71. The maximum absolute atomic E-state index is 5.71. The van der Waals surface area contributed by atoms with E-state index >= 15 is 0 Å². The van der Waals surface area contributed by atoms with E-state index in [0.29, 0.717) is 6.54 Å². The standard InChI is InChI=1S/C15H25N3/c1-15(2)12-18(11-10-17(15)3)14-7-5-4-6-13(14)8-9-16/h4-7H,8-12,16H2,1-3H3. The first-order chi connectivity index (χ1) is 8.54. The Bertz CT molecular complexity index is 400. The average Bonchev–Trinajstić information content (AvgIpc) is 2.34. The van der Waals surface area contributed by atoms with Gasteiger partial charge in [-0.05, 0) is 45.5 Å². The second kappa shape index (κ2) is 5.29. The molecule has 0 atom stereocenters. The van der Waals surface area contributed by atoms with E-state index in [1.807, 2.05) is 0 Å². The third-order valence-corrected chi connectivity index (χ3v) is 4.06. The van der Waals surface area contributed by atoms with Crippen LogP contribution in [0.1, 0.15) is 19.4 Å². The second-order valence-electron chi connectivity index (χ2n) is 5.82. The predicted octanol–water partition coefficient (Wildman–Crippen LogP) is 1.72. The van der Waals surface area contributed by atoms with Gasteiger partial charge in [-0.3, -0.25) is 4.90 Å². The molecule has 1 aromatic rings. The molecule has 0 amide bonds. The van der Waals surface area contributed by atoms with Gasteiger partial charge in [-0.15, -0.1) is 0 Å². The van der Waals surface area contributed by atoms with Crippen LogP contribution in [0.25, 0.3) is 0 Å². The largest absolute Gasteiger partial charge is 0.368 e. The maximum Gasteiger partial charge on any atom is 0.0400 e. The molecule has 1 fully saturated rings. The van der Waals surface area contributed by atoms with Crippen LogP contribution in [0.4, 0.5) is 5.69 Å².